The van der Waals surface area contributed by atoms with Crippen LogP contribution in [0.3, 0.4) is 0 Å². The zero-order chi connectivity index (χ0) is 22.7. The van der Waals surface area contributed by atoms with Crippen LogP contribution in [0.2, 0.25) is 5.02 Å². The van der Waals surface area contributed by atoms with Crippen LogP contribution >= 0.6 is 11.6 Å². The van der Waals surface area contributed by atoms with Gasteiger partial charge >= 0.3 is 0 Å². The van der Waals surface area contributed by atoms with Gasteiger partial charge in [0, 0.05) is 34.6 Å². The topological polar surface area (TPSA) is 80.7 Å². The van der Waals surface area contributed by atoms with Crippen LogP contribution in [0.5, 0.6) is 0 Å². The van der Waals surface area contributed by atoms with Crippen molar-refractivity contribution >= 4 is 17.5 Å². The molecule has 1 N–H and O–H groups in total. The predicted molar refractivity (Wildman–Crippen MR) is 116 cm³/mol. The summed E-state index contributed by atoms with van der Waals surface area (Å²) in [6, 6.07) is 13.5. The van der Waals surface area contributed by atoms with Crippen LogP contribution in [0.4, 0.5) is 8.78 Å². The van der Waals surface area contributed by atoms with E-state index in [-0.39, 0.29) is 11.5 Å². The van der Waals surface area contributed by atoms with E-state index in [1.54, 1.807) is 43.3 Å². The fraction of sp³-hybridized carbons (Fsp3) is 0.0870. The van der Waals surface area contributed by atoms with Crippen molar-refractivity contribution in [2.45, 2.75) is 13.0 Å². The number of pyridine rings is 2. The normalized spacial score (nSPS) is 11.8. The standard InChI is InChI=1S/C23H16ClF2N5O/c1-13(15-6-8-27-20(25)10-15)29-23(32)19-12-18(14-2-4-17(24)5-3-14)30-22(31-19)16-7-9-28-21(26)11-16/h2-13H,1H3,(H,29,32)/t13-/m0/s1. The molecule has 0 fully saturated rings. The first kappa shape index (κ1) is 21.5. The highest BCUT2D eigenvalue weighted by Crippen LogP contribution is 2.24. The van der Waals surface area contributed by atoms with Gasteiger partial charge in [0.05, 0.1) is 11.7 Å². The lowest BCUT2D eigenvalue weighted by atomic mass is 10.1. The Morgan fingerprint density at radius 3 is 2.28 bits per heavy atom. The number of hydrogen-bond acceptors (Lipinski definition) is 5. The quantitative estimate of drug-likeness (QED) is 0.431. The summed E-state index contributed by atoms with van der Waals surface area (Å²) in [6.45, 7) is 1.72. The van der Waals surface area contributed by atoms with Crippen molar-refractivity contribution in [3.05, 3.63) is 95.2 Å². The maximum absolute atomic E-state index is 13.7. The molecular formula is C23H16ClF2N5O. The van der Waals surface area contributed by atoms with E-state index < -0.39 is 23.8 Å². The Morgan fingerprint density at radius 2 is 1.59 bits per heavy atom. The van der Waals surface area contributed by atoms with Gasteiger partial charge in [0.2, 0.25) is 11.9 Å². The zero-order valence-corrected chi connectivity index (χ0v) is 17.5. The molecule has 1 aromatic carbocycles. The van der Waals surface area contributed by atoms with Crippen molar-refractivity contribution in [1.29, 1.82) is 0 Å². The highest BCUT2D eigenvalue weighted by atomic mass is 35.5. The van der Waals surface area contributed by atoms with Crippen molar-refractivity contribution in [2.24, 2.45) is 0 Å². The number of aromatic nitrogens is 4. The second-order valence-corrected chi connectivity index (χ2v) is 7.38. The lowest BCUT2D eigenvalue weighted by molar-refractivity contribution is 0.0934. The monoisotopic (exact) mass is 451 g/mol. The second-order valence-electron chi connectivity index (χ2n) is 6.94. The van der Waals surface area contributed by atoms with Gasteiger partial charge in [0.15, 0.2) is 5.82 Å². The molecule has 3 heterocycles. The smallest absolute Gasteiger partial charge is 0.270 e. The average molecular weight is 452 g/mol. The van der Waals surface area contributed by atoms with Crippen LogP contribution in [0.15, 0.2) is 67.0 Å². The van der Waals surface area contributed by atoms with Gasteiger partial charge in [0.25, 0.3) is 5.91 Å². The third-order valence-corrected chi connectivity index (χ3v) is 4.93. The van der Waals surface area contributed by atoms with E-state index >= 15 is 0 Å². The molecule has 0 bridgehead atoms. The Kier molecular flexibility index (Phi) is 6.13. The van der Waals surface area contributed by atoms with Crippen LogP contribution in [-0.4, -0.2) is 25.8 Å². The van der Waals surface area contributed by atoms with Crippen LogP contribution in [0.25, 0.3) is 22.6 Å². The minimum absolute atomic E-state index is 0.0681. The summed E-state index contributed by atoms with van der Waals surface area (Å²) in [5.41, 5.74) is 2.14. The third-order valence-electron chi connectivity index (χ3n) is 4.68. The molecule has 0 spiro atoms. The molecule has 1 amide bonds. The third kappa shape index (κ3) is 4.92. The molecule has 0 aliphatic rings. The first-order valence-corrected chi connectivity index (χ1v) is 9.96. The lowest BCUT2D eigenvalue weighted by Gasteiger charge is -2.15. The maximum Gasteiger partial charge on any atom is 0.270 e. The fourth-order valence-corrected chi connectivity index (χ4v) is 3.17. The van der Waals surface area contributed by atoms with Crippen molar-refractivity contribution in [3.8, 4) is 22.6 Å². The number of carbonyl (C=O) groups excluding carboxylic acids is 1. The molecule has 0 radical (unpaired) electrons. The Balaban J connectivity index is 1.73. The Bertz CT molecular complexity index is 1280. The summed E-state index contributed by atoms with van der Waals surface area (Å²) in [5, 5.41) is 3.34. The first-order chi connectivity index (χ1) is 15.4. The van der Waals surface area contributed by atoms with E-state index in [0.717, 1.165) is 0 Å². The molecule has 4 rings (SSSR count). The number of hydrogen-bond donors (Lipinski definition) is 1. The molecule has 6 nitrogen and oxygen atoms in total. The van der Waals surface area contributed by atoms with E-state index in [4.69, 9.17) is 11.6 Å². The number of halogens is 3. The van der Waals surface area contributed by atoms with Gasteiger partial charge in [-0.1, -0.05) is 23.7 Å². The summed E-state index contributed by atoms with van der Waals surface area (Å²) in [5.74, 6) is -1.67. The van der Waals surface area contributed by atoms with Gasteiger partial charge in [-0.15, -0.1) is 0 Å². The van der Waals surface area contributed by atoms with Crippen molar-refractivity contribution in [1.82, 2.24) is 25.3 Å². The molecule has 3 aromatic heterocycles. The molecule has 32 heavy (non-hydrogen) atoms. The predicted octanol–water partition coefficient (Wildman–Crippen LogP) is 5.02. The molecule has 9 heteroatoms. The molecule has 0 saturated heterocycles. The van der Waals surface area contributed by atoms with Crippen LogP contribution in [-0.2, 0) is 0 Å². The van der Waals surface area contributed by atoms with Crippen LogP contribution < -0.4 is 5.32 Å². The molecule has 0 aliphatic heterocycles. The van der Waals surface area contributed by atoms with Gasteiger partial charge in [-0.25, -0.2) is 19.9 Å². The van der Waals surface area contributed by atoms with Crippen molar-refractivity contribution in [3.63, 3.8) is 0 Å². The van der Waals surface area contributed by atoms with E-state index in [2.05, 4.69) is 25.3 Å². The zero-order valence-electron chi connectivity index (χ0n) is 16.8. The van der Waals surface area contributed by atoms with Gasteiger partial charge < -0.3 is 5.32 Å². The molecule has 160 valence electrons. The molecule has 0 saturated carbocycles. The van der Waals surface area contributed by atoms with Gasteiger partial charge in [-0.3, -0.25) is 4.79 Å². The molecule has 4 aromatic rings. The van der Waals surface area contributed by atoms with E-state index in [0.29, 0.717) is 27.4 Å². The van der Waals surface area contributed by atoms with Crippen LogP contribution in [0.1, 0.15) is 29.0 Å². The summed E-state index contributed by atoms with van der Waals surface area (Å²) < 4.78 is 27.1. The van der Waals surface area contributed by atoms with Crippen LogP contribution in [0, 0.1) is 11.9 Å². The largest absolute Gasteiger partial charge is 0.344 e. The number of nitrogens with zero attached hydrogens (tertiary/aromatic N) is 4. The molecular weight excluding hydrogens is 436 g/mol. The first-order valence-electron chi connectivity index (χ1n) is 9.58. The van der Waals surface area contributed by atoms with E-state index in [9.17, 15) is 13.6 Å². The maximum atomic E-state index is 13.7. The van der Waals surface area contributed by atoms with E-state index in [1.165, 1.54) is 30.6 Å². The number of rotatable bonds is 5. The van der Waals surface area contributed by atoms with Gasteiger partial charge in [0.1, 0.15) is 5.69 Å². The van der Waals surface area contributed by atoms with Crippen molar-refractivity contribution < 1.29 is 13.6 Å². The summed E-state index contributed by atoms with van der Waals surface area (Å²) in [4.78, 5) is 28.9. The number of amides is 1. The second kappa shape index (κ2) is 9.15. The highest BCUT2D eigenvalue weighted by molar-refractivity contribution is 6.30. The number of carbonyl (C=O) groups is 1. The SMILES string of the molecule is C[C@H](NC(=O)c1cc(-c2ccc(Cl)cc2)nc(-c2ccnc(F)c2)n1)c1ccnc(F)c1. The lowest BCUT2D eigenvalue weighted by Crippen LogP contribution is -2.28. The Morgan fingerprint density at radius 1 is 0.906 bits per heavy atom. The highest BCUT2D eigenvalue weighted by Gasteiger charge is 2.17. The van der Waals surface area contributed by atoms with Gasteiger partial charge in [-0.2, -0.15) is 8.78 Å². The molecule has 0 unspecified atom stereocenters. The molecule has 0 aliphatic carbocycles. The summed E-state index contributed by atoms with van der Waals surface area (Å²) in [7, 11) is 0. The average Bonchev–Trinajstić information content (AvgIpc) is 2.79. The number of benzene rings is 1. The summed E-state index contributed by atoms with van der Waals surface area (Å²) >= 11 is 5.98. The van der Waals surface area contributed by atoms with Gasteiger partial charge in [-0.05, 0) is 48.9 Å². The van der Waals surface area contributed by atoms with Crippen molar-refractivity contribution in [2.75, 3.05) is 0 Å². The Labute approximate surface area is 187 Å². The summed E-state index contributed by atoms with van der Waals surface area (Å²) in [6.07, 6.45) is 2.62. The fourth-order valence-electron chi connectivity index (χ4n) is 3.04. The Hall–Kier alpha value is -3.78. The number of nitrogens with one attached hydrogen (secondary N) is 1. The molecule has 1 atom stereocenters. The minimum atomic E-state index is -0.692. The minimum Gasteiger partial charge on any atom is -0.344 e. The van der Waals surface area contributed by atoms with E-state index in [1.807, 2.05) is 0 Å².